The van der Waals surface area contributed by atoms with Crippen LogP contribution in [0.3, 0.4) is 0 Å². The van der Waals surface area contributed by atoms with Crippen molar-refractivity contribution < 1.29 is 4.79 Å². The number of rotatable bonds is 3. The van der Waals surface area contributed by atoms with E-state index in [0.29, 0.717) is 11.5 Å². The first-order valence-electron chi connectivity index (χ1n) is 8.39. The molecule has 4 heteroatoms. The third kappa shape index (κ3) is 3.05. The molecule has 126 valence electrons. The van der Waals surface area contributed by atoms with Gasteiger partial charge in [0.1, 0.15) is 11.5 Å². The zero-order valence-corrected chi connectivity index (χ0v) is 14.3. The predicted molar refractivity (Wildman–Crippen MR) is 104 cm³/mol. The number of nitrogens with zero attached hydrogens (tertiary/aromatic N) is 3. The molecular weight excluding hydrogens is 322 g/mol. The van der Waals surface area contributed by atoms with Gasteiger partial charge in [-0.25, -0.2) is 4.99 Å². The van der Waals surface area contributed by atoms with Gasteiger partial charge in [0.2, 0.25) is 0 Å². The van der Waals surface area contributed by atoms with E-state index < -0.39 is 0 Å². The number of aryl methyl sites for hydroxylation is 1. The molecule has 0 atom stereocenters. The number of hydrogen-bond donors (Lipinski definition) is 0. The van der Waals surface area contributed by atoms with Gasteiger partial charge in [-0.3, -0.25) is 14.7 Å². The van der Waals surface area contributed by atoms with Gasteiger partial charge in [-0.1, -0.05) is 42.5 Å². The largest absolute Gasteiger partial charge is 0.282 e. The van der Waals surface area contributed by atoms with Crippen molar-refractivity contribution in [3.05, 3.63) is 102 Å². The van der Waals surface area contributed by atoms with E-state index in [0.717, 1.165) is 22.4 Å². The van der Waals surface area contributed by atoms with Crippen LogP contribution in [0.5, 0.6) is 0 Å². The monoisotopic (exact) mass is 339 g/mol. The minimum Gasteiger partial charge on any atom is -0.266 e. The van der Waals surface area contributed by atoms with Crippen molar-refractivity contribution in [2.24, 2.45) is 4.99 Å². The molecule has 0 spiro atoms. The number of carbonyl (C=O) groups excluding carboxylic acids is 1. The molecule has 2 heterocycles. The predicted octanol–water partition coefficient (Wildman–Crippen LogP) is 4.22. The Morgan fingerprint density at radius 3 is 2.42 bits per heavy atom. The van der Waals surface area contributed by atoms with Gasteiger partial charge in [-0.2, -0.15) is 0 Å². The smallest absolute Gasteiger partial charge is 0.266 e. The second-order valence-corrected chi connectivity index (χ2v) is 6.09. The third-order valence-corrected chi connectivity index (χ3v) is 4.16. The van der Waals surface area contributed by atoms with Crippen molar-refractivity contribution in [2.75, 3.05) is 4.90 Å². The first-order valence-corrected chi connectivity index (χ1v) is 8.39. The van der Waals surface area contributed by atoms with Crippen molar-refractivity contribution in [1.82, 2.24) is 4.98 Å². The van der Waals surface area contributed by atoms with Gasteiger partial charge in [0.15, 0.2) is 0 Å². The summed E-state index contributed by atoms with van der Waals surface area (Å²) in [6, 6.07) is 21.4. The van der Waals surface area contributed by atoms with Crippen LogP contribution in [0.4, 0.5) is 5.69 Å². The van der Waals surface area contributed by atoms with E-state index in [-0.39, 0.29) is 5.91 Å². The summed E-state index contributed by atoms with van der Waals surface area (Å²) in [7, 11) is 0. The molecule has 0 N–H and O–H groups in total. The quantitative estimate of drug-likeness (QED) is 0.671. The zero-order valence-electron chi connectivity index (χ0n) is 14.3. The Balaban J connectivity index is 1.84. The third-order valence-electron chi connectivity index (χ3n) is 4.16. The highest BCUT2D eigenvalue weighted by molar-refractivity contribution is 6.33. The molecule has 4 rings (SSSR count). The zero-order chi connectivity index (χ0) is 17.9. The first kappa shape index (κ1) is 16.0. The number of benzene rings is 2. The molecule has 0 fully saturated rings. The normalized spacial score (nSPS) is 15.4. The van der Waals surface area contributed by atoms with Crippen LogP contribution in [0.15, 0.2) is 89.8 Å². The number of pyridine rings is 1. The van der Waals surface area contributed by atoms with E-state index in [2.05, 4.69) is 9.98 Å². The summed E-state index contributed by atoms with van der Waals surface area (Å²) in [5.74, 6) is 0.507. The summed E-state index contributed by atoms with van der Waals surface area (Å²) < 4.78 is 0. The summed E-state index contributed by atoms with van der Waals surface area (Å²) in [4.78, 5) is 23.5. The van der Waals surface area contributed by atoms with Crippen LogP contribution >= 0.6 is 0 Å². The lowest BCUT2D eigenvalue weighted by atomic mass is 10.1. The minimum absolute atomic E-state index is 0.133. The van der Waals surface area contributed by atoms with E-state index in [9.17, 15) is 4.79 Å². The molecule has 1 aromatic heterocycles. The fourth-order valence-electron chi connectivity index (χ4n) is 2.92. The molecule has 1 aliphatic heterocycles. The Labute approximate surface area is 152 Å². The molecule has 0 unspecified atom stereocenters. The molecule has 0 aliphatic carbocycles. The lowest BCUT2D eigenvalue weighted by Gasteiger charge is -2.19. The molecule has 2 aromatic carbocycles. The maximum Gasteiger partial charge on any atom is 0.282 e. The lowest BCUT2D eigenvalue weighted by Crippen LogP contribution is -2.32. The Morgan fingerprint density at radius 2 is 1.69 bits per heavy atom. The Bertz CT molecular complexity index is 1010. The van der Waals surface area contributed by atoms with E-state index in [1.807, 2.05) is 73.7 Å². The van der Waals surface area contributed by atoms with E-state index >= 15 is 0 Å². The molecule has 0 saturated heterocycles. The fraction of sp³-hybridized carbons (Fsp3) is 0.0455. The average molecular weight is 339 g/mol. The van der Waals surface area contributed by atoms with Gasteiger partial charge in [0, 0.05) is 18.0 Å². The highest BCUT2D eigenvalue weighted by atomic mass is 16.2. The molecule has 1 aliphatic rings. The maximum absolute atomic E-state index is 13.1. The van der Waals surface area contributed by atoms with Crippen LogP contribution < -0.4 is 4.90 Å². The van der Waals surface area contributed by atoms with Crippen molar-refractivity contribution in [3.63, 3.8) is 0 Å². The summed E-state index contributed by atoms with van der Waals surface area (Å²) in [5.41, 5.74) is 4.12. The van der Waals surface area contributed by atoms with E-state index in [1.165, 1.54) is 0 Å². The van der Waals surface area contributed by atoms with Gasteiger partial charge in [0.05, 0.1) is 5.69 Å². The summed E-state index contributed by atoms with van der Waals surface area (Å²) >= 11 is 0. The van der Waals surface area contributed by atoms with Gasteiger partial charge in [0.25, 0.3) is 5.91 Å². The van der Waals surface area contributed by atoms with Crippen molar-refractivity contribution in [1.29, 1.82) is 0 Å². The number of aromatic nitrogens is 1. The Morgan fingerprint density at radius 1 is 0.923 bits per heavy atom. The summed E-state index contributed by atoms with van der Waals surface area (Å²) in [6.45, 7) is 2.01. The molecule has 3 aromatic rings. The number of aliphatic imine (C=N–C) groups is 1. The Kier molecular flexibility index (Phi) is 4.15. The topological polar surface area (TPSA) is 45.6 Å². The lowest BCUT2D eigenvalue weighted by molar-refractivity contribution is -0.113. The number of amides is 1. The second-order valence-electron chi connectivity index (χ2n) is 6.09. The molecule has 4 nitrogen and oxygen atoms in total. The number of hydrogen-bond acceptors (Lipinski definition) is 3. The van der Waals surface area contributed by atoms with Gasteiger partial charge >= 0.3 is 0 Å². The highest BCUT2D eigenvalue weighted by Crippen LogP contribution is 2.28. The highest BCUT2D eigenvalue weighted by Gasteiger charge is 2.32. The summed E-state index contributed by atoms with van der Waals surface area (Å²) in [6.07, 6.45) is 5.20. The number of amidine groups is 1. The van der Waals surface area contributed by atoms with Gasteiger partial charge in [-0.05, 0) is 48.4 Å². The van der Waals surface area contributed by atoms with Crippen LogP contribution in [-0.4, -0.2) is 16.7 Å². The molecule has 0 saturated carbocycles. The molecular formula is C22H17N3O. The average Bonchev–Trinajstić information content (AvgIpc) is 3.00. The minimum atomic E-state index is -0.133. The molecule has 0 bridgehead atoms. The standard InChI is InChI=1S/C22H17N3O/c1-16-6-5-9-19(14-16)25-21(18-7-3-2-4-8-18)24-20(22(25)26)15-17-10-12-23-13-11-17/h2-15H,1H3/b20-15+. The van der Waals surface area contributed by atoms with Crippen LogP contribution in [-0.2, 0) is 4.79 Å². The van der Waals surface area contributed by atoms with Gasteiger partial charge in [-0.15, -0.1) is 0 Å². The Hall–Kier alpha value is -3.53. The van der Waals surface area contributed by atoms with Crippen LogP contribution in [0, 0.1) is 6.92 Å². The SMILES string of the molecule is Cc1cccc(N2C(=O)/C(=C\c3ccncc3)N=C2c2ccccc2)c1. The summed E-state index contributed by atoms with van der Waals surface area (Å²) in [5, 5.41) is 0. The van der Waals surface area contributed by atoms with E-state index in [4.69, 9.17) is 0 Å². The van der Waals surface area contributed by atoms with Gasteiger partial charge < -0.3 is 0 Å². The van der Waals surface area contributed by atoms with Crippen molar-refractivity contribution in [2.45, 2.75) is 6.92 Å². The number of anilines is 1. The van der Waals surface area contributed by atoms with E-state index in [1.54, 1.807) is 23.4 Å². The van der Waals surface area contributed by atoms with Crippen molar-refractivity contribution >= 4 is 23.5 Å². The second kappa shape index (κ2) is 6.76. The molecule has 1 amide bonds. The first-order chi connectivity index (χ1) is 12.7. The molecule has 0 radical (unpaired) electrons. The van der Waals surface area contributed by atoms with Crippen LogP contribution in [0.1, 0.15) is 16.7 Å². The van der Waals surface area contributed by atoms with Crippen molar-refractivity contribution in [3.8, 4) is 0 Å². The fourth-order valence-corrected chi connectivity index (χ4v) is 2.92. The molecule has 26 heavy (non-hydrogen) atoms. The van der Waals surface area contributed by atoms with Crippen LogP contribution in [0.2, 0.25) is 0 Å². The maximum atomic E-state index is 13.1. The van der Waals surface area contributed by atoms with Crippen LogP contribution in [0.25, 0.3) is 6.08 Å². The number of carbonyl (C=O) groups is 1.